The summed E-state index contributed by atoms with van der Waals surface area (Å²) in [5.41, 5.74) is 0.0662. The zero-order valence-electron chi connectivity index (χ0n) is 7.64. The Bertz CT molecular complexity index is 145. The third kappa shape index (κ3) is 1.49. The van der Waals surface area contributed by atoms with Crippen molar-refractivity contribution < 1.29 is 9.47 Å². The summed E-state index contributed by atoms with van der Waals surface area (Å²) in [5, 5.41) is 3.30. The lowest BCUT2D eigenvalue weighted by atomic mass is 9.98. The first-order chi connectivity index (χ1) is 5.85. The lowest BCUT2D eigenvalue weighted by Crippen LogP contribution is -2.53. The lowest BCUT2D eigenvalue weighted by Gasteiger charge is -2.42. The Morgan fingerprint density at radius 1 is 1.58 bits per heavy atom. The van der Waals surface area contributed by atoms with Crippen molar-refractivity contribution in [3.8, 4) is 0 Å². The molecule has 0 aromatic rings. The molecule has 2 aliphatic rings. The van der Waals surface area contributed by atoms with Crippen molar-refractivity contribution in [1.82, 2.24) is 5.32 Å². The fourth-order valence-corrected chi connectivity index (χ4v) is 1.77. The Balaban J connectivity index is 1.83. The van der Waals surface area contributed by atoms with Gasteiger partial charge in [-0.2, -0.15) is 0 Å². The van der Waals surface area contributed by atoms with E-state index in [9.17, 15) is 0 Å². The van der Waals surface area contributed by atoms with E-state index in [4.69, 9.17) is 9.47 Å². The summed E-state index contributed by atoms with van der Waals surface area (Å²) in [7, 11) is 0. The third-order valence-corrected chi connectivity index (χ3v) is 2.81. The van der Waals surface area contributed by atoms with Crippen molar-refractivity contribution in [2.24, 2.45) is 0 Å². The molecule has 0 saturated carbocycles. The van der Waals surface area contributed by atoms with Crippen LogP contribution < -0.4 is 5.32 Å². The number of hydrogen-bond donors (Lipinski definition) is 1. The highest BCUT2D eigenvalue weighted by atomic mass is 16.6. The molecular weight excluding hydrogens is 154 g/mol. The minimum atomic E-state index is 0.0662. The second-order valence-corrected chi connectivity index (χ2v) is 3.76. The van der Waals surface area contributed by atoms with Gasteiger partial charge in [0.15, 0.2) is 0 Å². The summed E-state index contributed by atoms with van der Waals surface area (Å²) in [6.45, 7) is 5.87. The van der Waals surface area contributed by atoms with Gasteiger partial charge in [-0.1, -0.05) is 6.92 Å². The average Bonchev–Trinajstić information content (AvgIpc) is 2.49. The molecular formula is C9H17NO2. The van der Waals surface area contributed by atoms with E-state index < -0.39 is 0 Å². The Labute approximate surface area is 73.4 Å². The van der Waals surface area contributed by atoms with Gasteiger partial charge in [0.05, 0.1) is 19.3 Å². The Morgan fingerprint density at radius 3 is 2.83 bits per heavy atom. The lowest BCUT2D eigenvalue weighted by molar-refractivity contribution is -0.228. The summed E-state index contributed by atoms with van der Waals surface area (Å²) in [6, 6.07) is 0. The zero-order valence-corrected chi connectivity index (χ0v) is 7.64. The van der Waals surface area contributed by atoms with Crippen LogP contribution in [0.4, 0.5) is 0 Å². The van der Waals surface area contributed by atoms with Gasteiger partial charge >= 0.3 is 0 Å². The molecule has 0 aliphatic carbocycles. The molecule has 0 radical (unpaired) electrons. The smallest absolute Gasteiger partial charge is 0.115 e. The van der Waals surface area contributed by atoms with E-state index in [1.807, 2.05) is 0 Å². The fraction of sp³-hybridized carbons (Fsp3) is 1.00. The van der Waals surface area contributed by atoms with E-state index in [1.54, 1.807) is 0 Å². The summed E-state index contributed by atoms with van der Waals surface area (Å²) < 4.78 is 11.2. The molecule has 0 amide bonds. The van der Waals surface area contributed by atoms with E-state index >= 15 is 0 Å². The molecule has 0 aromatic heterocycles. The first-order valence-corrected chi connectivity index (χ1v) is 4.81. The molecule has 0 bridgehead atoms. The topological polar surface area (TPSA) is 30.5 Å². The van der Waals surface area contributed by atoms with Gasteiger partial charge in [-0.15, -0.1) is 0 Å². The molecule has 2 heterocycles. The molecule has 2 aliphatic heterocycles. The normalized spacial score (nSPS) is 33.2. The van der Waals surface area contributed by atoms with E-state index in [0.717, 1.165) is 39.1 Å². The number of ether oxygens (including phenoxy) is 2. The van der Waals surface area contributed by atoms with E-state index in [0.29, 0.717) is 6.10 Å². The van der Waals surface area contributed by atoms with Crippen molar-refractivity contribution in [3.05, 3.63) is 0 Å². The second kappa shape index (κ2) is 3.32. The van der Waals surface area contributed by atoms with Crippen LogP contribution in [-0.2, 0) is 9.47 Å². The van der Waals surface area contributed by atoms with Crippen molar-refractivity contribution >= 4 is 0 Å². The maximum atomic E-state index is 6.00. The van der Waals surface area contributed by atoms with E-state index in [2.05, 4.69) is 12.2 Å². The second-order valence-electron chi connectivity index (χ2n) is 3.76. The molecule has 2 rings (SSSR count). The van der Waals surface area contributed by atoms with Crippen LogP contribution >= 0.6 is 0 Å². The minimum absolute atomic E-state index is 0.0662. The standard InChI is InChI=1S/C9H17NO2/c1-2-9(6-11-7-9)12-8-3-4-10-5-8/h8,10H,2-7H2,1H3. The van der Waals surface area contributed by atoms with Gasteiger partial charge < -0.3 is 14.8 Å². The molecule has 2 saturated heterocycles. The molecule has 1 N–H and O–H groups in total. The monoisotopic (exact) mass is 171 g/mol. The first kappa shape index (κ1) is 8.48. The fourth-order valence-electron chi connectivity index (χ4n) is 1.77. The van der Waals surface area contributed by atoms with Crippen molar-refractivity contribution in [2.45, 2.75) is 31.5 Å². The maximum absolute atomic E-state index is 6.00. The summed E-state index contributed by atoms with van der Waals surface area (Å²) >= 11 is 0. The van der Waals surface area contributed by atoms with Crippen LogP contribution in [0.1, 0.15) is 19.8 Å². The number of hydrogen-bond acceptors (Lipinski definition) is 3. The third-order valence-electron chi connectivity index (χ3n) is 2.81. The molecule has 12 heavy (non-hydrogen) atoms. The van der Waals surface area contributed by atoms with Gasteiger partial charge in [0.1, 0.15) is 5.60 Å². The quantitative estimate of drug-likeness (QED) is 0.672. The van der Waals surface area contributed by atoms with Crippen molar-refractivity contribution in [2.75, 3.05) is 26.3 Å². The highest BCUT2D eigenvalue weighted by Crippen LogP contribution is 2.28. The van der Waals surface area contributed by atoms with Crippen LogP contribution in [0.2, 0.25) is 0 Å². The van der Waals surface area contributed by atoms with Crippen LogP contribution in [0.3, 0.4) is 0 Å². The minimum Gasteiger partial charge on any atom is -0.375 e. The van der Waals surface area contributed by atoms with Gasteiger partial charge in [-0.3, -0.25) is 0 Å². The van der Waals surface area contributed by atoms with Crippen LogP contribution in [0.25, 0.3) is 0 Å². The van der Waals surface area contributed by atoms with Gasteiger partial charge in [-0.05, 0) is 19.4 Å². The molecule has 1 unspecified atom stereocenters. The molecule has 1 atom stereocenters. The highest BCUT2D eigenvalue weighted by Gasteiger charge is 2.40. The van der Waals surface area contributed by atoms with Gasteiger partial charge in [0.25, 0.3) is 0 Å². The van der Waals surface area contributed by atoms with Gasteiger partial charge in [-0.25, -0.2) is 0 Å². The van der Waals surface area contributed by atoms with Gasteiger partial charge in [0, 0.05) is 6.54 Å². The summed E-state index contributed by atoms with van der Waals surface area (Å²) in [6.07, 6.45) is 2.65. The number of rotatable bonds is 3. The Kier molecular flexibility index (Phi) is 2.35. The van der Waals surface area contributed by atoms with Crippen molar-refractivity contribution in [1.29, 1.82) is 0 Å². The predicted molar refractivity (Wildman–Crippen MR) is 46.2 cm³/mol. The molecule has 2 fully saturated rings. The van der Waals surface area contributed by atoms with Crippen LogP contribution in [-0.4, -0.2) is 38.0 Å². The van der Waals surface area contributed by atoms with E-state index in [-0.39, 0.29) is 5.60 Å². The molecule has 70 valence electrons. The van der Waals surface area contributed by atoms with Gasteiger partial charge in [0.2, 0.25) is 0 Å². The van der Waals surface area contributed by atoms with Crippen LogP contribution in [0, 0.1) is 0 Å². The molecule has 0 aromatic carbocycles. The Hall–Kier alpha value is -0.120. The highest BCUT2D eigenvalue weighted by molar-refractivity contribution is 4.88. The summed E-state index contributed by atoms with van der Waals surface area (Å²) in [4.78, 5) is 0. The predicted octanol–water partition coefficient (Wildman–Crippen LogP) is 0.544. The Morgan fingerprint density at radius 2 is 2.42 bits per heavy atom. The number of nitrogens with one attached hydrogen (secondary N) is 1. The molecule has 0 spiro atoms. The van der Waals surface area contributed by atoms with Crippen molar-refractivity contribution in [3.63, 3.8) is 0 Å². The maximum Gasteiger partial charge on any atom is 0.115 e. The van der Waals surface area contributed by atoms with Crippen LogP contribution in [0.15, 0.2) is 0 Å². The average molecular weight is 171 g/mol. The molecule has 3 nitrogen and oxygen atoms in total. The largest absolute Gasteiger partial charge is 0.375 e. The summed E-state index contributed by atoms with van der Waals surface area (Å²) in [5.74, 6) is 0. The molecule has 3 heteroatoms. The zero-order chi connectivity index (χ0) is 8.44. The van der Waals surface area contributed by atoms with Crippen LogP contribution in [0.5, 0.6) is 0 Å². The first-order valence-electron chi connectivity index (χ1n) is 4.81. The van der Waals surface area contributed by atoms with E-state index in [1.165, 1.54) is 0 Å². The SMILES string of the molecule is CCC1(OC2CCNC2)COC1.